The molecule has 1 aliphatic heterocycles. The van der Waals surface area contributed by atoms with Crippen LogP contribution in [0, 0.1) is 5.92 Å². The summed E-state index contributed by atoms with van der Waals surface area (Å²) in [5.74, 6) is 3.24. The Morgan fingerprint density at radius 1 is 1.22 bits per heavy atom. The first kappa shape index (κ1) is 11.8. The summed E-state index contributed by atoms with van der Waals surface area (Å²) in [6.07, 6.45) is 1.28. The standard InChI is InChI=1S/C15H21NO2/c1-15(2,3)16-8-11-6-12(11)10-4-5-13-14(7-10)18-9-17-13/h4-5,7,11-12,16H,6,8-9H2,1-3H3. The Hall–Kier alpha value is -1.22. The van der Waals surface area contributed by atoms with Crippen LogP contribution in [-0.2, 0) is 0 Å². The van der Waals surface area contributed by atoms with E-state index in [0.29, 0.717) is 12.7 Å². The van der Waals surface area contributed by atoms with Gasteiger partial charge < -0.3 is 14.8 Å². The molecule has 98 valence electrons. The Labute approximate surface area is 108 Å². The van der Waals surface area contributed by atoms with E-state index in [4.69, 9.17) is 9.47 Å². The van der Waals surface area contributed by atoms with Crippen molar-refractivity contribution in [2.45, 2.75) is 38.6 Å². The van der Waals surface area contributed by atoms with Crippen LogP contribution in [-0.4, -0.2) is 18.9 Å². The van der Waals surface area contributed by atoms with Gasteiger partial charge in [0.25, 0.3) is 0 Å². The molecule has 18 heavy (non-hydrogen) atoms. The molecule has 0 amide bonds. The third-order valence-electron chi connectivity index (χ3n) is 3.64. The van der Waals surface area contributed by atoms with Crippen LogP contribution in [0.15, 0.2) is 18.2 Å². The normalized spacial score (nSPS) is 25.3. The maximum absolute atomic E-state index is 5.43. The molecule has 1 fully saturated rings. The highest BCUT2D eigenvalue weighted by atomic mass is 16.7. The van der Waals surface area contributed by atoms with Crippen LogP contribution in [0.5, 0.6) is 11.5 Å². The van der Waals surface area contributed by atoms with Crippen LogP contribution in [0.25, 0.3) is 0 Å². The van der Waals surface area contributed by atoms with Crippen LogP contribution in [0.4, 0.5) is 0 Å². The lowest BCUT2D eigenvalue weighted by molar-refractivity contribution is 0.174. The van der Waals surface area contributed by atoms with Crippen molar-refractivity contribution in [2.75, 3.05) is 13.3 Å². The Kier molecular flexibility index (Phi) is 2.74. The monoisotopic (exact) mass is 247 g/mol. The predicted octanol–water partition coefficient (Wildman–Crippen LogP) is 2.91. The van der Waals surface area contributed by atoms with Crippen LogP contribution in [0.2, 0.25) is 0 Å². The molecule has 3 heteroatoms. The molecule has 2 atom stereocenters. The van der Waals surface area contributed by atoms with Crippen molar-refractivity contribution in [3.8, 4) is 11.5 Å². The van der Waals surface area contributed by atoms with Crippen molar-refractivity contribution in [3.63, 3.8) is 0 Å². The summed E-state index contributed by atoms with van der Waals surface area (Å²) >= 11 is 0. The molecular weight excluding hydrogens is 226 g/mol. The first-order valence-electron chi connectivity index (χ1n) is 6.67. The van der Waals surface area contributed by atoms with Crippen LogP contribution in [0.3, 0.4) is 0 Å². The van der Waals surface area contributed by atoms with Gasteiger partial charge in [-0.1, -0.05) is 6.07 Å². The first-order valence-corrected chi connectivity index (χ1v) is 6.67. The minimum absolute atomic E-state index is 0.210. The first-order chi connectivity index (χ1) is 8.53. The van der Waals surface area contributed by atoms with Gasteiger partial charge in [0.1, 0.15) is 0 Å². The highest BCUT2D eigenvalue weighted by Gasteiger charge is 2.39. The summed E-state index contributed by atoms with van der Waals surface area (Å²) in [5.41, 5.74) is 1.60. The third kappa shape index (κ3) is 2.46. The number of rotatable bonds is 3. The summed E-state index contributed by atoms with van der Waals surface area (Å²) in [7, 11) is 0. The van der Waals surface area contributed by atoms with Gasteiger partial charge in [-0.25, -0.2) is 0 Å². The van der Waals surface area contributed by atoms with Crippen molar-refractivity contribution in [2.24, 2.45) is 5.92 Å². The lowest BCUT2D eigenvalue weighted by Gasteiger charge is -2.20. The number of nitrogens with one attached hydrogen (secondary N) is 1. The second-order valence-electron chi connectivity index (χ2n) is 6.35. The van der Waals surface area contributed by atoms with Crippen LogP contribution < -0.4 is 14.8 Å². The molecule has 1 saturated carbocycles. The summed E-state index contributed by atoms with van der Waals surface area (Å²) < 4.78 is 10.8. The molecule has 0 aromatic heterocycles. The van der Waals surface area contributed by atoms with Crippen molar-refractivity contribution < 1.29 is 9.47 Å². The van der Waals surface area contributed by atoms with Crippen molar-refractivity contribution in [3.05, 3.63) is 23.8 Å². The van der Waals surface area contributed by atoms with Gasteiger partial charge in [0.2, 0.25) is 6.79 Å². The lowest BCUT2D eigenvalue weighted by atomic mass is 10.1. The molecule has 1 aromatic rings. The molecule has 0 spiro atoms. The van der Waals surface area contributed by atoms with E-state index in [1.165, 1.54) is 12.0 Å². The van der Waals surface area contributed by atoms with E-state index in [1.807, 2.05) is 6.07 Å². The van der Waals surface area contributed by atoms with Crippen molar-refractivity contribution >= 4 is 0 Å². The number of hydrogen-bond acceptors (Lipinski definition) is 3. The molecule has 2 unspecified atom stereocenters. The Bertz CT molecular complexity index is 450. The number of ether oxygens (including phenoxy) is 2. The summed E-state index contributed by atoms with van der Waals surface area (Å²) in [5, 5.41) is 3.58. The average Bonchev–Trinajstić information content (AvgIpc) is 2.93. The molecule has 0 radical (unpaired) electrons. The van der Waals surface area contributed by atoms with Crippen molar-refractivity contribution in [1.29, 1.82) is 0 Å². The zero-order chi connectivity index (χ0) is 12.8. The molecule has 0 saturated heterocycles. The zero-order valence-electron chi connectivity index (χ0n) is 11.3. The quantitative estimate of drug-likeness (QED) is 0.891. The number of fused-ring (bicyclic) bond motifs is 1. The molecule has 1 aliphatic carbocycles. The van der Waals surface area contributed by atoms with Gasteiger partial charge in [0, 0.05) is 5.54 Å². The maximum Gasteiger partial charge on any atom is 0.231 e. The van der Waals surface area contributed by atoms with E-state index < -0.39 is 0 Å². The molecular formula is C15H21NO2. The van der Waals surface area contributed by atoms with E-state index in [9.17, 15) is 0 Å². The van der Waals surface area contributed by atoms with Crippen LogP contribution >= 0.6 is 0 Å². The Balaban J connectivity index is 1.61. The third-order valence-corrected chi connectivity index (χ3v) is 3.64. The molecule has 3 rings (SSSR count). The van der Waals surface area contributed by atoms with E-state index in [0.717, 1.165) is 24.0 Å². The van der Waals surface area contributed by atoms with Gasteiger partial charge in [-0.3, -0.25) is 0 Å². The second kappa shape index (κ2) is 4.16. The summed E-state index contributed by atoms with van der Waals surface area (Å²) in [4.78, 5) is 0. The minimum Gasteiger partial charge on any atom is -0.454 e. The predicted molar refractivity (Wildman–Crippen MR) is 71.2 cm³/mol. The number of hydrogen-bond donors (Lipinski definition) is 1. The van der Waals surface area contributed by atoms with Crippen molar-refractivity contribution in [1.82, 2.24) is 5.32 Å². The van der Waals surface area contributed by atoms with Crippen LogP contribution in [0.1, 0.15) is 38.7 Å². The Morgan fingerprint density at radius 3 is 2.78 bits per heavy atom. The van der Waals surface area contributed by atoms with E-state index in [1.54, 1.807) is 0 Å². The summed E-state index contributed by atoms with van der Waals surface area (Å²) in [6.45, 7) is 8.10. The van der Waals surface area contributed by atoms with E-state index in [-0.39, 0.29) is 5.54 Å². The number of benzene rings is 1. The fraction of sp³-hybridized carbons (Fsp3) is 0.600. The zero-order valence-corrected chi connectivity index (χ0v) is 11.3. The van der Waals surface area contributed by atoms with E-state index in [2.05, 4.69) is 38.2 Å². The molecule has 0 bridgehead atoms. The van der Waals surface area contributed by atoms with Gasteiger partial charge in [-0.2, -0.15) is 0 Å². The fourth-order valence-electron chi connectivity index (χ4n) is 2.46. The van der Waals surface area contributed by atoms with Gasteiger partial charge in [0.15, 0.2) is 11.5 Å². The highest BCUT2D eigenvalue weighted by Crippen LogP contribution is 2.49. The van der Waals surface area contributed by atoms with Gasteiger partial charge in [-0.15, -0.1) is 0 Å². The summed E-state index contributed by atoms with van der Waals surface area (Å²) in [6, 6.07) is 6.35. The molecule has 1 heterocycles. The smallest absolute Gasteiger partial charge is 0.231 e. The SMILES string of the molecule is CC(C)(C)NCC1CC1c1ccc2c(c1)OCO2. The largest absolute Gasteiger partial charge is 0.454 e. The maximum atomic E-state index is 5.43. The molecule has 1 N–H and O–H groups in total. The van der Waals surface area contributed by atoms with Gasteiger partial charge in [-0.05, 0) is 63.3 Å². The second-order valence-corrected chi connectivity index (χ2v) is 6.35. The average molecular weight is 247 g/mol. The Morgan fingerprint density at radius 2 is 2.00 bits per heavy atom. The van der Waals surface area contributed by atoms with E-state index >= 15 is 0 Å². The minimum atomic E-state index is 0.210. The lowest BCUT2D eigenvalue weighted by Crippen LogP contribution is -2.37. The van der Waals surface area contributed by atoms with Gasteiger partial charge in [0.05, 0.1) is 0 Å². The molecule has 1 aromatic carbocycles. The van der Waals surface area contributed by atoms with Gasteiger partial charge >= 0.3 is 0 Å². The molecule has 3 nitrogen and oxygen atoms in total. The fourth-order valence-corrected chi connectivity index (χ4v) is 2.46. The topological polar surface area (TPSA) is 30.5 Å². The molecule has 2 aliphatic rings. The highest BCUT2D eigenvalue weighted by molar-refractivity contribution is 5.46.